The van der Waals surface area contributed by atoms with E-state index in [1.807, 2.05) is 0 Å². The summed E-state index contributed by atoms with van der Waals surface area (Å²) in [7, 11) is 0. The monoisotopic (exact) mass is 547 g/mol. The minimum Gasteiger partial charge on any atom is -0.456 e. The van der Waals surface area contributed by atoms with Gasteiger partial charge in [0.15, 0.2) is 0 Å². The molecule has 1 aliphatic rings. The highest BCUT2D eigenvalue weighted by molar-refractivity contribution is 6.16. The summed E-state index contributed by atoms with van der Waals surface area (Å²) < 4.78 is 9.05. The van der Waals surface area contributed by atoms with Crippen molar-refractivity contribution in [3.8, 4) is 16.8 Å². The average molecular weight is 548 g/mol. The number of fused-ring (bicyclic) bond motifs is 6. The van der Waals surface area contributed by atoms with Crippen LogP contribution < -0.4 is 0 Å². The molecule has 0 aliphatic heterocycles. The van der Waals surface area contributed by atoms with Crippen LogP contribution in [-0.4, -0.2) is 4.57 Å². The molecule has 1 aliphatic carbocycles. The minimum atomic E-state index is 0.0664. The van der Waals surface area contributed by atoms with E-state index in [0.717, 1.165) is 11.2 Å². The summed E-state index contributed by atoms with van der Waals surface area (Å²) >= 11 is 0. The fraction of sp³-hybridized carbons (Fsp3) is 0.250. The van der Waals surface area contributed by atoms with Gasteiger partial charge in [-0.2, -0.15) is 0 Å². The molecule has 2 nitrogen and oxygen atoms in total. The van der Waals surface area contributed by atoms with Crippen LogP contribution in [0.15, 0.2) is 95.4 Å². The van der Waals surface area contributed by atoms with Crippen molar-refractivity contribution < 1.29 is 4.42 Å². The molecule has 7 aromatic rings. The first-order valence-electron chi connectivity index (χ1n) is 15.2. The molecule has 0 N–H and O–H groups in total. The minimum absolute atomic E-state index is 0.0664. The van der Waals surface area contributed by atoms with Gasteiger partial charge in [-0.15, -0.1) is 0 Å². The molecule has 0 saturated carbocycles. The SMILES string of the molecule is CC1c2cccc(c2)-c2cccc3oc4ccc(-n5c6ccc(C(C)(C)C)cc6c6cc(C(C)(C)C)ccc65)c1c4c23. The lowest BCUT2D eigenvalue weighted by Crippen LogP contribution is -2.10. The molecule has 1 atom stereocenters. The Bertz CT molecular complexity index is 2150. The lowest BCUT2D eigenvalue weighted by atomic mass is 9.83. The van der Waals surface area contributed by atoms with Crippen LogP contribution in [0.5, 0.6) is 0 Å². The topological polar surface area (TPSA) is 18.1 Å². The molecule has 0 radical (unpaired) electrons. The van der Waals surface area contributed by atoms with Gasteiger partial charge in [-0.1, -0.05) is 97.0 Å². The summed E-state index contributed by atoms with van der Waals surface area (Å²) in [6, 6.07) is 34.2. The van der Waals surface area contributed by atoms with E-state index in [-0.39, 0.29) is 16.7 Å². The van der Waals surface area contributed by atoms with Gasteiger partial charge in [0.25, 0.3) is 0 Å². The Morgan fingerprint density at radius 1 is 0.619 bits per heavy atom. The van der Waals surface area contributed by atoms with E-state index in [1.165, 1.54) is 71.6 Å². The highest BCUT2D eigenvalue weighted by Crippen LogP contribution is 2.48. The van der Waals surface area contributed by atoms with Crippen molar-refractivity contribution in [1.82, 2.24) is 4.57 Å². The maximum Gasteiger partial charge on any atom is 0.136 e. The Morgan fingerprint density at radius 3 is 1.88 bits per heavy atom. The van der Waals surface area contributed by atoms with E-state index >= 15 is 0 Å². The van der Waals surface area contributed by atoms with Gasteiger partial charge < -0.3 is 8.98 Å². The Balaban J connectivity index is 1.55. The number of hydrogen-bond donors (Lipinski definition) is 0. The quantitative estimate of drug-likeness (QED) is 0.200. The normalized spacial score (nSPS) is 15.3. The van der Waals surface area contributed by atoms with Gasteiger partial charge in [-0.3, -0.25) is 0 Å². The van der Waals surface area contributed by atoms with Crippen LogP contribution in [0.25, 0.3) is 60.6 Å². The molecule has 0 amide bonds. The first-order valence-corrected chi connectivity index (χ1v) is 15.2. The van der Waals surface area contributed by atoms with Gasteiger partial charge in [0.05, 0.1) is 16.7 Å². The second-order valence-electron chi connectivity index (χ2n) is 14.3. The molecule has 8 rings (SSSR count). The summed E-state index contributed by atoms with van der Waals surface area (Å²) in [6.07, 6.45) is 0. The third-order valence-electron chi connectivity index (χ3n) is 9.55. The highest BCUT2D eigenvalue weighted by Gasteiger charge is 2.28. The Kier molecular flexibility index (Phi) is 5.07. The van der Waals surface area contributed by atoms with Crippen molar-refractivity contribution in [2.45, 2.75) is 65.2 Å². The largest absolute Gasteiger partial charge is 0.456 e. The van der Waals surface area contributed by atoms with Crippen molar-refractivity contribution in [3.05, 3.63) is 113 Å². The molecule has 42 heavy (non-hydrogen) atoms. The molecule has 208 valence electrons. The molecule has 0 fully saturated rings. The molecule has 0 spiro atoms. The van der Waals surface area contributed by atoms with Gasteiger partial charge in [-0.25, -0.2) is 0 Å². The van der Waals surface area contributed by atoms with Crippen molar-refractivity contribution in [3.63, 3.8) is 0 Å². The Morgan fingerprint density at radius 2 is 1.24 bits per heavy atom. The van der Waals surface area contributed by atoms with E-state index in [1.54, 1.807) is 0 Å². The first-order chi connectivity index (χ1) is 20.0. The highest BCUT2D eigenvalue weighted by atomic mass is 16.3. The van der Waals surface area contributed by atoms with E-state index in [4.69, 9.17) is 4.42 Å². The zero-order valence-corrected chi connectivity index (χ0v) is 25.6. The van der Waals surface area contributed by atoms with Gasteiger partial charge in [0.1, 0.15) is 11.2 Å². The van der Waals surface area contributed by atoms with Gasteiger partial charge in [-0.05, 0) is 86.7 Å². The van der Waals surface area contributed by atoms with Gasteiger partial charge in [0.2, 0.25) is 0 Å². The maximum atomic E-state index is 6.54. The smallest absolute Gasteiger partial charge is 0.136 e. The third kappa shape index (κ3) is 3.51. The average Bonchev–Trinajstić information content (AvgIpc) is 3.50. The van der Waals surface area contributed by atoms with Crippen molar-refractivity contribution in [2.75, 3.05) is 0 Å². The molecular formula is C40H37NO. The van der Waals surface area contributed by atoms with Crippen LogP contribution >= 0.6 is 0 Å². The number of furan rings is 1. The molecule has 5 aromatic carbocycles. The van der Waals surface area contributed by atoms with Gasteiger partial charge >= 0.3 is 0 Å². The summed E-state index contributed by atoms with van der Waals surface area (Å²) in [6.45, 7) is 16.2. The number of aromatic nitrogens is 1. The van der Waals surface area contributed by atoms with Crippen molar-refractivity contribution in [2.24, 2.45) is 0 Å². The lowest BCUT2D eigenvalue weighted by molar-refractivity contribution is 0.590. The summed E-state index contributed by atoms with van der Waals surface area (Å²) in [5.41, 5.74) is 13.6. The van der Waals surface area contributed by atoms with Crippen molar-refractivity contribution in [1.29, 1.82) is 0 Å². The second kappa shape index (κ2) is 8.38. The Hall–Kier alpha value is -4.30. The number of rotatable bonds is 1. The maximum absolute atomic E-state index is 6.54. The zero-order valence-electron chi connectivity index (χ0n) is 25.6. The fourth-order valence-electron chi connectivity index (χ4n) is 7.16. The van der Waals surface area contributed by atoms with Gasteiger partial charge in [0, 0.05) is 27.5 Å². The van der Waals surface area contributed by atoms with Crippen LogP contribution in [0, 0.1) is 0 Å². The predicted molar refractivity (Wildman–Crippen MR) is 178 cm³/mol. The molecule has 0 saturated heterocycles. The molecule has 2 aromatic heterocycles. The van der Waals surface area contributed by atoms with Crippen LogP contribution in [0.2, 0.25) is 0 Å². The third-order valence-corrected chi connectivity index (χ3v) is 9.55. The summed E-state index contributed by atoms with van der Waals surface area (Å²) in [5.74, 6) is 0.188. The van der Waals surface area contributed by atoms with E-state index in [2.05, 4.69) is 144 Å². The Labute approximate surface area is 247 Å². The zero-order chi connectivity index (χ0) is 29.1. The van der Waals surface area contributed by atoms with Crippen molar-refractivity contribution >= 4 is 43.7 Å². The van der Waals surface area contributed by atoms with Crippen LogP contribution in [0.1, 0.15) is 76.6 Å². The standard InChI is InChI=1S/C40H37NO/c1-23-24-10-8-11-25(20-24)28-12-9-13-34-37(28)38-35(42-34)19-18-33(36(23)38)41-31-16-14-26(39(2,3)4)21-29(31)30-22-27(40(5,6)7)15-17-32(30)41/h8-23H,1-7H3. The lowest BCUT2D eigenvalue weighted by Gasteiger charge is -2.23. The fourth-order valence-corrected chi connectivity index (χ4v) is 7.16. The van der Waals surface area contributed by atoms with Crippen LogP contribution in [0.3, 0.4) is 0 Å². The van der Waals surface area contributed by atoms with E-state index in [0.29, 0.717) is 0 Å². The predicted octanol–water partition coefficient (Wildman–Crippen LogP) is 11.4. The van der Waals surface area contributed by atoms with Crippen LogP contribution in [-0.2, 0) is 10.8 Å². The molecule has 2 bridgehead atoms. The summed E-state index contributed by atoms with van der Waals surface area (Å²) in [5, 5.41) is 5.09. The number of nitrogens with zero attached hydrogens (tertiary/aromatic N) is 1. The first kappa shape index (κ1) is 25.4. The van der Waals surface area contributed by atoms with Crippen LogP contribution in [0.4, 0.5) is 0 Å². The van der Waals surface area contributed by atoms with E-state index in [9.17, 15) is 0 Å². The number of hydrogen-bond acceptors (Lipinski definition) is 1. The molecule has 2 heterocycles. The molecular weight excluding hydrogens is 510 g/mol. The van der Waals surface area contributed by atoms with E-state index < -0.39 is 0 Å². The second-order valence-corrected chi connectivity index (χ2v) is 14.3. The molecule has 2 heteroatoms. The summed E-state index contributed by atoms with van der Waals surface area (Å²) in [4.78, 5) is 0. The number of benzene rings is 5. The molecule has 1 unspecified atom stereocenters.